The lowest BCUT2D eigenvalue weighted by molar-refractivity contribution is 0.0635. The average molecular weight is 356 g/mol. The fourth-order valence-corrected chi connectivity index (χ4v) is 2.35. The third-order valence-electron chi connectivity index (χ3n) is 2.83. The van der Waals surface area contributed by atoms with Crippen LogP contribution in [0.5, 0.6) is 0 Å². The van der Waals surface area contributed by atoms with Gasteiger partial charge in [0.2, 0.25) is 0 Å². The van der Waals surface area contributed by atoms with E-state index in [9.17, 15) is 13.2 Å². The van der Waals surface area contributed by atoms with Crippen molar-refractivity contribution >= 4 is 32.9 Å². The molecular weight excluding hydrogens is 336 g/mol. The summed E-state index contributed by atoms with van der Waals surface area (Å²) in [6.45, 7) is 4.97. The third kappa shape index (κ3) is 4.90. The molecule has 0 bridgehead atoms. The molecule has 0 saturated heterocycles. The first-order valence-corrected chi connectivity index (χ1v) is 8.92. The number of carbonyl (C=O) groups excluding carboxylic acids is 1. The van der Waals surface area contributed by atoms with Crippen LogP contribution in [0.4, 0.5) is 10.6 Å². The van der Waals surface area contributed by atoms with E-state index in [1.54, 1.807) is 44.8 Å². The van der Waals surface area contributed by atoms with Gasteiger partial charge in [-0.2, -0.15) is 13.5 Å². The van der Waals surface area contributed by atoms with Crippen molar-refractivity contribution in [3.8, 4) is 0 Å². The lowest BCUT2D eigenvalue weighted by Gasteiger charge is -2.19. The normalized spacial score (nSPS) is 12.4. The highest BCUT2D eigenvalue weighted by molar-refractivity contribution is 7.85. The van der Waals surface area contributed by atoms with Crippen LogP contribution in [-0.2, 0) is 32.7 Å². The van der Waals surface area contributed by atoms with Crippen LogP contribution in [0.1, 0.15) is 26.5 Å². The zero-order valence-electron chi connectivity index (χ0n) is 14.2. The minimum Gasteiger partial charge on any atom is -0.444 e. The largest absolute Gasteiger partial charge is 0.444 e. The van der Waals surface area contributed by atoms with E-state index in [2.05, 4.69) is 15.4 Å². The van der Waals surface area contributed by atoms with Crippen molar-refractivity contribution in [2.24, 2.45) is 7.05 Å². The number of hydrogen-bond donors (Lipinski definition) is 1. The fourth-order valence-electron chi connectivity index (χ4n) is 2.03. The number of nitrogens with zero attached hydrogens (tertiary/aromatic N) is 3. The number of anilines is 1. The lowest BCUT2D eigenvalue weighted by atomic mass is 10.2. The van der Waals surface area contributed by atoms with Gasteiger partial charge in [-0.3, -0.25) is 14.2 Å². The second-order valence-electron chi connectivity index (χ2n) is 6.25. The minimum atomic E-state index is -3.63. The van der Waals surface area contributed by atoms with E-state index in [1.807, 2.05) is 0 Å². The molecule has 9 nitrogen and oxygen atoms in total. The van der Waals surface area contributed by atoms with Crippen molar-refractivity contribution in [3.05, 3.63) is 18.0 Å². The Balaban J connectivity index is 2.33. The molecule has 2 heterocycles. The van der Waals surface area contributed by atoms with E-state index in [4.69, 9.17) is 8.92 Å². The monoisotopic (exact) mass is 356 g/mol. The molecule has 132 valence electrons. The molecule has 2 rings (SSSR count). The van der Waals surface area contributed by atoms with E-state index in [1.165, 1.54) is 0 Å². The summed E-state index contributed by atoms with van der Waals surface area (Å²) < 4.78 is 34.0. The van der Waals surface area contributed by atoms with Gasteiger partial charge in [0, 0.05) is 12.4 Å². The Morgan fingerprint density at radius 3 is 2.62 bits per heavy atom. The number of nitrogens with one attached hydrogen (secondary N) is 1. The molecule has 0 aliphatic rings. The van der Waals surface area contributed by atoms with Crippen molar-refractivity contribution in [3.63, 3.8) is 0 Å². The van der Waals surface area contributed by atoms with E-state index in [-0.39, 0.29) is 12.4 Å². The number of aryl methyl sites for hydroxylation is 1. The number of hydrogen-bond acceptors (Lipinski definition) is 7. The van der Waals surface area contributed by atoms with Crippen LogP contribution in [0.15, 0.2) is 12.3 Å². The summed E-state index contributed by atoms with van der Waals surface area (Å²) in [7, 11) is -1.93. The van der Waals surface area contributed by atoms with E-state index in [0.717, 1.165) is 6.26 Å². The van der Waals surface area contributed by atoms with Crippen LogP contribution in [-0.4, -0.2) is 41.1 Å². The summed E-state index contributed by atoms with van der Waals surface area (Å²) in [6, 6.07) is 1.62. The van der Waals surface area contributed by atoms with Gasteiger partial charge in [-0.05, 0) is 26.8 Å². The number of amides is 1. The molecule has 1 amide bonds. The second kappa shape index (κ2) is 6.36. The van der Waals surface area contributed by atoms with Crippen LogP contribution >= 0.6 is 0 Å². The molecule has 2 aromatic heterocycles. The maximum Gasteiger partial charge on any atom is 0.413 e. The average Bonchev–Trinajstić information content (AvgIpc) is 2.74. The van der Waals surface area contributed by atoms with Crippen LogP contribution in [0.3, 0.4) is 0 Å². The van der Waals surface area contributed by atoms with Crippen LogP contribution in [0.25, 0.3) is 10.9 Å². The number of rotatable bonds is 4. The van der Waals surface area contributed by atoms with Crippen molar-refractivity contribution in [1.82, 2.24) is 14.8 Å². The molecule has 0 radical (unpaired) electrons. The first-order valence-electron chi connectivity index (χ1n) is 7.11. The molecule has 24 heavy (non-hydrogen) atoms. The first kappa shape index (κ1) is 18.1. The quantitative estimate of drug-likeness (QED) is 0.831. The van der Waals surface area contributed by atoms with Gasteiger partial charge in [0.25, 0.3) is 10.1 Å². The zero-order chi connectivity index (χ0) is 18.1. The molecule has 10 heteroatoms. The predicted molar refractivity (Wildman–Crippen MR) is 88.0 cm³/mol. The van der Waals surface area contributed by atoms with Gasteiger partial charge in [0.15, 0.2) is 0 Å². The minimum absolute atomic E-state index is 0.219. The highest BCUT2D eigenvalue weighted by atomic mass is 32.2. The summed E-state index contributed by atoms with van der Waals surface area (Å²) in [5, 5.41) is 7.32. The molecule has 0 unspecified atom stereocenters. The van der Waals surface area contributed by atoms with Gasteiger partial charge >= 0.3 is 6.09 Å². The van der Waals surface area contributed by atoms with E-state index >= 15 is 0 Å². The highest BCUT2D eigenvalue weighted by Crippen LogP contribution is 2.22. The zero-order valence-corrected chi connectivity index (χ0v) is 15.0. The summed E-state index contributed by atoms with van der Waals surface area (Å²) in [6.07, 6.45) is 1.88. The maximum atomic E-state index is 11.9. The van der Waals surface area contributed by atoms with Crippen molar-refractivity contribution < 1.29 is 22.1 Å². The van der Waals surface area contributed by atoms with Gasteiger partial charge < -0.3 is 4.74 Å². The molecule has 0 aliphatic heterocycles. The van der Waals surface area contributed by atoms with Gasteiger partial charge in [-0.25, -0.2) is 9.78 Å². The summed E-state index contributed by atoms with van der Waals surface area (Å²) in [5.74, 6) is 0.219. The topological polar surface area (TPSA) is 112 Å². The number of fused-ring (bicyclic) bond motifs is 1. The number of ether oxygens (including phenoxy) is 1. The molecule has 1 N–H and O–H groups in total. The smallest absolute Gasteiger partial charge is 0.413 e. The number of pyridine rings is 1. The Bertz CT molecular complexity index is 867. The molecular formula is C14H20N4O5S. The van der Waals surface area contributed by atoms with Gasteiger partial charge in [-0.1, -0.05) is 0 Å². The van der Waals surface area contributed by atoms with Crippen molar-refractivity contribution in [1.29, 1.82) is 0 Å². The van der Waals surface area contributed by atoms with Crippen LogP contribution in [0.2, 0.25) is 0 Å². The Hall–Kier alpha value is -2.20. The highest BCUT2D eigenvalue weighted by Gasteiger charge is 2.18. The van der Waals surface area contributed by atoms with Crippen molar-refractivity contribution in [2.75, 3.05) is 11.6 Å². The van der Waals surface area contributed by atoms with E-state index in [0.29, 0.717) is 16.6 Å². The summed E-state index contributed by atoms with van der Waals surface area (Å²) >= 11 is 0. The van der Waals surface area contributed by atoms with Gasteiger partial charge in [0.1, 0.15) is 18.0 Å². The predicted octanol–water partition coefficient (Wildman–Crippen LogP) is 1.79. The molecule has 0 spiro atoms. The third-order valence-corrected chi connectivity index (χ3v) is 3.37. The Labute approximate surface area is 140 Å². The molecule has 0 saturated carbocycles. The standard InChI is InChI=1S/C14H20N4O5S/c1-14(2,3)23-13(19)17-11-6-9-7-15-18(4)12(9)10(16-11)8-22-24(5,20)21/h6-7H,8H2,1-5H3,(H,16,17,19). The molecule has 0 atom stereocenters. The van der Waals surface area contributed by atoms with Crippen molar-refractivity contribution in [2.45, 2.75) is 33.0 Å². The Morgan fingerprint density at radius 2 is 2.04 bits per heavy atom. The SMILES string of the molecule is Cn1ncc2cc(NC(=O)OC(C)(C)C)nc(COS(C)(=O)=O)c21. The first-order chi connectivity index (χ1) is 10.9. The fraction of sp³-hybridized carbons (Fsp3) is 0.500. The number of aromatic nitrogens is 3. The second-order valence-corrected chi connectivity index (χ2v) is 7.90. The Morgan fingerprint density at radius 1 is 1.38 bits per heavy atom. The van der Waals surface area contributed by atoms with Gasteiger partial charge in [-0.15, -0.1) is 0 Å². The molecule has 0 aromatic carbocycles. The molecule has 0 aliphatic carbocycles. The van der Waals surface area contributed by atoms with Crippen LogP contribution in [0, 0.1) is 0 Å². The molecule has 0 fully saturated rings. The lowest BCUT2D eigenvalue weighted by Crippen LogP contribution is -2.27. The summed E-state index contributed by atoms with van der Waals surface area (Å²) in [5.41, 5.74) is 0.308. The summed E-state index contributed by atoms with van der Waals surface area (Å²) in [4.78, 5) is 16.1. The van der Waals surface area contributed by atoms with Crippen LogP contribution < -0.4 is 5.32 Å². The van der Waals surface area contributed by atoms with E-state index < -0.39 is 21.8 Å². The molecule has 2 aromatic rings. The Kier molecular flexibility index (Phi) is 4.81. The van der Waals surface area contributed by atoms with Gasteiger partial charge in [0.05, 0.1) is 23.7 Å². The number of carbonyl (C=O) groups is 1. The maximum absolute atomic E-state index is 11.9.